The Morgan fingerprint density at radius 3 is 2.48 bits per heavy atom. The maximum absolute atomic E-state index is 12.4. The van der Waals surface area contributed by atoms with Gasteiger partial charge in [-0.05, 0) is 26.8 Å². The number of para-hydroxylation sites is 1. The minimum atomic E-state index is -0.883. The van der Waals surface area contributed by atoms with Gasteiger partial charge in [-0.15, -0.1) is 0 Å². The van der Waals surface area contributed by atoms with Crippen LogP contribution in [0.4, 0.5) is 10.5 Å². The van der Waals surface area contributed by atoms with E-state index in [1.165, 1.54) is 16.7 Å². The van der Waals surface area contributed by atoms with Crippen LogP contribution < -0.4 is 4.90 Å². The maximum atomic E-state index is 12.4. The minimum absolute atomic E-state index is 0.0776. The van der Waals surface area contributed by atoms with E-state index in [-0.39, 0.29) is 12.5 Å². The lowest BCUT2D eigenvalue weighted by Crippen LogP contribution is -2.50. The van der Waals surface area contributed by atoms with Gasteiger partial charge in [0.25, 0.3) is 0 Å². The van der Waals surface area contributed by atoms with Gasteiger partial charge in [-0.25, -0.2) is 4.79 Å². The second-order valence-electron chi connectivity index (χ2n) is 6.79. The van der Waals surface area contributed by atoms with Crippen molar-refractivity contribution in [2.75, 3.05) is 18.5 Å². The second kappa shape index (κ2) is 6.20. The van der Waals surface area contributed by atoms with E-state index >= 15 is 0 Å². The largest absolute Gasteiger partial charge is 0.443 e. The Balaban J connectivity index is 2.41. The molecule has 1 N–H and O–H groups in total. The van der Waals surface area contributed by atoms with Crippen LogP contribution >= 0.6 is 0 Å². The number of carbonyl (C=O) groups is 2. The van der Waals surface area contributed by atoms with Crippen molar-refractivity contribution < 1.29 is 19.4 Å². The molecule has 0 bridgehead atoms. The van der Waals surface area contributed by atoms with Crippen molar-refractivity contribution in [3.8, 4) is 0 Å². The number of hydrogen-bond donors (Lipinski definition) is 1. The van der Waals surface area contributed by atoms with Gasteiger partial charge in [-0.3, -0.25) is 9.69 Å². The van der Waals surface area contributed by atoms with Crippen molar-refractivity contribution in [3.05, 3.63) is 29.8 Å². The van der Waals surface area contributed by atoms with Crippen LogP contribution in [0.1, 0.15) is 39.3 Å². The number of likely N-dealkylation sites (N-methyl/N-ethyl adjacent to an activating group) is 1. The van der Waals surface area contributed by atoms with Gasteiger partial charge >= 0.3 is 6.09 Å². The van der Waals surface area contributed by atoms with Crippen LogP contribution in [0.15, 0.2) is 24.3 Å². The first-order valence-corrected chi connectivity index (χ1v) is 7.62. The zero-order chi connectivity index (χ0) is 17.4. The van der Waals surface area contributed by atoms with E-state index in [1.54, 1.807) is 33.9 Å². The lowest BCUT2D eigenvalue weighted by Gasteiger charge is -2.41. The van der Waals surface area contributed by atoms with Crippen LogP contribution in [-0.2, 0) is 9.53 Å². The Labute approximate surface area is 136 Å². The van der Waals surface area contributed by atoms with E-state index in [0.717, 1.165) is 5.56 Å². The molecule has 1 aromatic rings. The van der Waals surface area contributed by atoms with Crippen molar-refractivity contribution in [2.24, 2.45) is 0 Å². The summed E-state index contributed by atoms with van der Waals surface area (Å²) in [6.07, 6.45) is -1.39. The van der Waals surface area contributed by atoms with Crippen molar-refractivity contribution in [2.45, 2.75) is 45.4 Å². The molecule has 0 spiro atoms. The van der Waals surface area contributed by atoms with Gasteiger partial charge in [0.1, 0.15) is 5.60 Å². The van der Waals surface area contributed by atoms with E-state index in [1.807, 2.05) is 18.2 Å². The molecule has 0 unspecified atom stereocenters. The molecule has 23 heavy (non-hydrogen) atoms. The smallest absolute Gasteiger partial charge is 0.414 e. The van der Waals surface area contributed by atoms with Gasteiger partial charge in [0.15, 0.2) is 0 Å². The molecule has 0 aliphatic carbocycles. The molecule has 2 amide bonds. The lowest BCUT2D eigenvalue weighted by atomic mass is 9.93. The van der Waals surface area contributed by atoms with Crippen molar-refractivity contribution >= 4 is 17.7 Å². The molecule has 0 fully saturated rings. The minimum Gasteiger partial charge on any atom is -0.443 e. The molecule has 2 rings (SSSR count). The Kier molecular flexibility index (Phi) is 4.66. The summed E-state index contributed by atoms with van der Waals surface area (Å²) in [5.74, 6) is -0.144. The van der Waals surface area contributed by atoms with Crippen LogP contribution in [0.3, 0.4) is 0 Å². The van der Waals surface area contributed by atoms with Gasteiger partial charge in [-0.2, -0.15) is 0 Å². The molecule has 1 aromatic carbocycles. The summed E-state index contributed by atoms with van der Waals surface area (Å²) in [7, 11) is 1.65. The summed E-state index contributed by atoms with van der Waals surface area (Å²) in [5.41, 5.74) is 0.768. The first-order valence-electron chi connectivity index (χ1n) is 7.62. The molecular formula is C17H24N2O4. The topological polar surface area (TPSA) is 70.1 Å². The number of rotatable bonds is 1. The van der Waals surface area contributed by atoms with Crippen LogP contribution in [-0.4, -0.2) is 47.3 Å². The summed E-state index contributed by atoms with van der Waals surface area (Å²) < 4.78 is 5.42. The molecule has 0 aromatic heterocycles. The third-order valence-electron chi connectivity index (χ3n) is 3.81. The normalized spacial score (nSPS) is 20.7. The highest BCUT2D eigenvalue weighted by atomic mass is 16.6. The van der Waals surface area contributed by atoms with E-state index in [9.17, 15) is 14.7 Å². The Bertz CT molecular complexity index is 609. The monoisotopic (exact) mass is 320 g/mol. The Morgan fingerprint density at radius 2 is 1.91 bits per heavy atom. The molecule has 0 radical (unpaired) electrons. The number of aliphatic hydroxyl groups is 1. The number of hydrogen-bond acceptors (Lipinski definition) is 4. The standard InChI is InChI=1S/C17H24N2O4/c1-11(20)18(5)15-12-8-6-7-9-13(12)19(10-14(15)21)16(22)23-17(2,3)4/h6-9,14-15,21H,10H2,1-5H3/t14-,15-/m0/s1. The molecule has 0 saturated carbocycles. The van der Waals surface area contributed by atoms with Gasteiger partial charge in [0, 0.05) is 19.5 Å². The van der Waals surface area contributed by atoms with Gasteiger partial charge < -0.3 is 14.7 Å². The van der Waals surface area contributed by atoms with Crippen molar-refractivity contribution in [1.29, 1.82) is 0 Å². The zero-order valence-corrected chi connectivity index (χ0v) is 14.2. The van der Waals surface area contributed by atoms with Crippen molar-refractivity contribution in [1.82, 2.24) is 4.90 Å². The molecule has 2 atom stereocenters. The average molecular weight is 320 g/mol. The van der Waals surface area contributed by atoms with E-state index in [4.69, 9.17) is 4.74 Å². The fourth-order valence-electron chi connectivity index (χ4n) is 2.73. The highest BCUT2D eigenvalue weighted by molar-refractivity contribution is 5.90. The maximum Gasteiger partial charge on any atom is 0.414 e. The molecule has 6 heteroatoms. The number of fused-ring (bicyclic) bond motifs is 1. The fourth-order valence-corrected chi connectivity index (χ4v) is 2.73. The predicted octanol–water partition coefficient (Wildman–Crippen LogP) is 2.32. The van der Waals surface area contributed by atoms with Crippen LogP contribution in [0.5, 0.6) is 0 Å². The summed E-state index contributed by atoms with van der Waals surface area (Å²) >= 11 is 0. The van der Waals surface area contributed by atoms with E-state index in [2.05, 4.69) is 0 Å². The third-order valence-corrected chi connectivity index (χ3v) is 3.81. The van der Waals surface area contributed by atoms with Crippen molar-refractivity contribution in [3.63, 3.8) is 0 Å². The third kappa shape index (κ3) is 3.64. The summed E-state index contributed by atoms with van der Waals surface area (Å²) in [6, 6.07) is 6.78. The molecule has 6 nitrogen and oxygen atoms in total. The van der Waals surface area contributed by atoms with E-state index in [0.29, 0.717) is 5.69 Å². The van der Waals surface area contributed by atoms with Gasteiger partial charge in [0.05, 0.1) is 24.4 Å². The number of nitrogens with zero attached hydrogens (tertiary/aromatic N) is 2. The fraction of sp³-hybridized carbons (Fsp3) is 0.529. The summed E-state index contributed by atoms with van der Waals surface area (Å²) in [4.78, 5) is 27.1. The van der Waals surface area contributed by atoms with Crippen LogP contribution in [0, 0.1) is 0 Å². The summed E-state index contributed by atoms with van der Waals surface area (Å²) in [6.45, 7) is 6.92. The second-order valence-corrected chi connectivity index (χ2v) is 6.79. The average Bonchev–Trinajstić information content (AvgIpc) is 2.43. The molecule has 1 heterocycles. The SMILES string of the molecule is CC(=O)N(C)[C@H]1c2ccccc2N(C(=O)OC(C)(C)C)C[C@@H]1O. The number of amides is 2. The first-order chi connectivity index (χ1) is 10.6. The van der Waals surface area contributed by atoms with Gasteiger partial charge in [0.2, 0.25) is 5.91 Å². The number of aliphatic hydroxyl groups excluding tert-OH is 1. The molecular weight excluding hydrogens is 296 g/mol. The Hall–Kier alpha value is -2.08. The summed E-state index contributed by atoms with van der Waals surface area (Å²) in [5, 5.41) is 10.5. The highest BCUT2D eigenvalue weighted by Crippen LogP contribution is 2.37. The number of carbonyl (C=O) groups excluding carboxylic acids is 2. The molecule has 0 saturated heterocycles. The highest BCUT2D eigenvalue weighted by Gasteiger charge is 2.39. The predicted molar refractivity (Wildman–Crippen MR) is 87.2 cm³/mol. The number of ether oxygens (including phenoxy) is 1. The number of β-amino-alcohol motifs (C(OH)–C–C–N with tert-alkyl or cyclic N) is 1. The first kappa shape index (κ1) is 17.3. The lowest BCUT2D eigenvalue weighted by molar-refractivity contribution is -0.132. The quantitative estimate of drug-likeness (QED) is 0.862. The molecule has 1 aliphatic heterocycles. The molecule has 126 valence electrons. The van der Waals surface area contributed by atoms with E-state index < -0.39 is 23.8 Å². The number of anilines is 1. The zero-order valence-electron chi connectivity index (χ0n) is 14.2. The van der Waals surface area contributed by atoms with Crippen LogP contribution in [0.2, 0.25) is 0 Å². The number of benzene rings is 1. The van der Waals surface area contributed by atoms with Crippen LogP contribution in [0.25, 0.3) is 0 Å². The van der Waals surface area contributed by atoms with Gasteiger partial charge in [-0.1, -0.05) is 18.2 Å². The Morgan fingerprint density at radius 1 is 1.30 bits per heavy atom. The molecule has 1 aliphatic rings.